The first kappa shape index (κ1) is 19.8. The van der Waals surface area contributed by atoms with E-state index in [1.165, 1.54) is 19.2 Å². The molecule has 1 aromatic heterocycles. The van der Waals surface area contributed by atoms with Crippen LogP contribution in [0.25, 0.3) is 4.85 Å². The molecule has 0 saturated carbocycles. The smallest absolute Gasteiger partial charge is 0.322 e. The second-order valence-corrected chi connectivity index (χ2v) is 7.10. The number of nitrogens with two attached hydrogens (primary N) is 1. The largest absolute Gasteiger partial charge is 0.328 e. The van der Waals surface area contributed by atoms with Gasteiger partial charge in [-0.3, -0.25) is 14.3 Å². The van der Waals surface area contributed by atoms with E-state index in [-0.39, 0.29) is 30.8 Å². The standard InChI is InChI=1S/C19H20FN7O3/c1-22-16-7-11(3-4-14(16)20)23-19(29)26-6-5-15-13(10-26)17-18(28)25(2)30-12(8-21)9-27(17)24-15/h3-4,7,12H,5-6,8-10,21H2,2H3,(H,23,29)/t12-/m1/s1. The van der Waals surface area contributed by atoms with Gasteiger partial charge in [-0.1, -0.05) is 0 Å². The Hall–Kier alpha value is -3.49. The van der Waals surface area contributed by atoms with Gasteiger partial charge < -0.3 is 16.0 Å². The first-order valence-electron chi connectivity index (χ1n) is 9.37. The van der Waals surface area contributed by atoms with E-state index in [0.29, 0.717) is 36.5 Å². The second-order valence-electron chi connectivity index (χ2n) is 7.10. The van der Waals surface area contributed by atoms with Crippen LogP contribution in [0.2, 0.25) is 0 Å². The second kappa shape index (κ2) is 7.74. The Morgan fingerprint density at radius 1 is 1.50 bits per heavy atom. The fourth-order valence-corrected chi connectivity index (χ4v) is 3.61. The summed E-state index contributed by atoms with van der Waals surface area (Å²) in [6.07, 6.45) is 0.112. The number of amides is 3. The molecule has 3 heterocycles. The first-order chi connectivity index (χ1) is 14.4. The fourth-order valence-electron chi connectivity index (χ4n) is 3.61. The number of carbonyl (C=O) groups excluding carboxylic acids is 2. The Labute approximate surface area is 171 Å². The fraction of sp³-hybridized carbons (Fsp3) is 0.368. The highest BCUT2D eigenvalue weighted by Gasteiger charge is 2.35. The summed E-state index contributed by atoms with van der Waals surface area (Å²) in [5.41, 5.74) is 7.70. The van der Waals surface area contributed by atoms with Crippen molar-refractivity contribution in [3.05, 3.63) is 52.4 Å². The molecule has 0 unspecified atom stereocenters. The van der Waals surface area contributed by atoms with Gasteiger partial charge in [0.2, 0.25) is 5.69 Å². The molecule has 0 spiro atoms. The number of anilines is 1. The van der Waals surface area contributed by atoms with Gasteiger partial charge in [-0.15, -0.1) is 0 Å². The lowest BCUT2D eigenvalue weighted by Gasteiger charge is -2.27. The molecule has 4 rings (SSSR count). The van der Waals surface area contributed by atoms with Gasteiger partial charge in [0.1, 0.15) is 17.6 Å². The Morgan fingerprint density at radius 2 is 2.30 bits per heavy atom. The summed E-state index contributed by atoms with van der Waals surface area (Å²) in [6.45, 7) is 8.18. The van der Waals surface area contributed by atoms with Crippen LogP contribution < -0.4 is 11.1 Å². The number of aromatic nitrogens is 2. The van der Waals surface area contributed by atoms with Gasteiger partial charge in [0.25, 0.3) is 5.91 Å². The van der Waals surface area contributed by atoms with E-state index in [4.69, 9.17) is 17.1 Å². The topological polar surface area (TPSA) is 110 Å². The number of rotatable bonds is 2. The number of benzene rings is 1. The molecule has 2 aromatic rings. The molecule has 0 fully saturated rings. The monoisotopic (exact) mass is 413 g/mol. The number of nitrogens with one attached hydrogen (secondary N) is 1. The van der Waals surface area contributed by atoms with Crippen molar-refractivity contribution in [2.75, 3.05) is 25.5 Å². The SMILES string of the molecule is [C-]#[N+]c1cc(NC(=O)N2CCc3nn4c(c3C2)C(=O)N(C)O[C@H](CN)C4)ccc1F. The lowest BCUT2D eigenvalue weighted by molar-refractivity contribution is -0.144. The van der Waals surface area contributed by atoms with Crippen LogP contribution in [-0.2, 0) is 24.3 Å². The van der Waals surface area contributed by atoms with Crippen molar-refractivity contribution < 1.29 is 18.8 Å². The quantitative estimate of drug-likeness (QED) is 0.726. The summed E-state index contributed by atoms with van der Waals surface area (Å²) in [7, 11) is 1.52. The molecule has 1 aromatic carbocycles. The summed E-state index contributed by atoms with van der Waals surface area (Å²) < 4.78 is 15.1. The maximum atomic E-state index is 13.5. The van der Waals surface area contributed by atoms with E-state index in [1.54, 1.807) is 9.58 Å². The maximum absolute atomic E-state index is 13.5. The molecule has 10 nitrogen and oxygen atoms in total. The number of urea groups is 1. The molecule has 0 saturated heterocycles. The van der Waals surface area contributed by atoms with Crippen molar-refractivity contribution in [1.29, 1.82) is 0 Å². The van der Waals surface area contributed by atoms with Crippen LogP contribution in [0.15, 0.2) is 18.2 Å². The predicted molar refractivity (Wildman–Crippen MR) is 104 cm³/mol. The Morgan fingerprint density at radius 3 is 3.03 bits per heavy atom. The highest BCUT2D eigenvalue weighted by Crippen LogP contribution is 2.27. The van der Waals surface area contributed by atoms with Crippen LogP contribution in [-0.4, -0.2) is 57.9 Å². The predicted octanol–water partition coefficient (Wildman–Crippen LogP) is 1.51. The van der Waals surface area contributed by atoms with Crippen molar-refractivity contribution in [3.8, 4) is 0 Å². The summed E-state index contributed by atoms with van der Waals surface area (Å²) >= 11 is 0. The number of hydroxylamine groups is 2. The van der Waals surface area contributed by atoms with Crippen molar-refractivity contribution in [2.24, 2.45) is 5.73 Å². The van der Waals surface area contributed by atoms with Gasteiger partial charge in [-0.25, -0.2) is 19.1 Å². The van der Waals surface area contributed by atoms with Gasteiger partial charge in [-0.05, 0) is 18.2 Å². The number of hydrogen-bond donors (Lipinski definition) is 2. The highest BCUT2D eigenvalue weighted by molar-refractivity contribution is 5.94. The van der Waals surface area contributed by atoms with Gasteiger partial charge in [-0.2, -0.15) is 5.10 Å². The summed E-state index contributed by atoms with van der Waals surface area (Å²) in [4.78, 5) is 35.7. The molecule has 11 heteroatoms. The van der Waals surface area contributed by atoms with E-state index in [9.17, 15) is 14.0 Å². The molecule has 2 aliphatic rings. The van der Waals surface area contributed by atoms with Crippen LogP contribution >= 0.6 is 0 Å². The van der Waals surface area contributed by atoms with Crippen molar-refractivity contribution in [2.45, 2.75) is 25.6 Å². The molecule has 0 bridgehead atoms. The number of halogens is 1. The lowest BCUT2D eigenvalue weighted by atomic mass is 10.1. The Balaban J connectivity index is 1.57. The zero-order chi connectivity index (χ0) is 21.4. The van der Waals surface area contributed by atoms with E-state index < -0.39 is 11.8 Å². The number of nitrogens with zero attached hydrogens (tertiary/aromatic N) is 5. The minimum atomic E-state index is -0.645. The van der Waals surface area contributed by atoms with E-state index in [0.717, 1.165) is 16.8 Å². The van der Waals surface area contributed by atoms with Gasteiger partial charge in [0.15, 0.2) is 0 Å². The van der Waals surface area contributed by atoms with Crippen molar-refractivity contribution in [3.63, 3.8) is 0 Å². The normalized spacial score (nSPS) is 18.3. The minimum absolute atomic E-state index is 0.168. The van der Waals surface area contributed by atoms with Gasteiger partial charge in [0, 0.05) is 37.8 Å². The zero-order valence-corrected chi connectivity index (χ0v) is 16.3. The van der Waals surface area contributed by atoms with Crippen LogP contribution in [0, 0.1) is 12.4 Å². The molecule has 3 amide bonds. The average molecular weight is 413 g/mol. The van der Waals surface area contributed by atoms with Crippen molar-refractivity contribution in [1.82, 2.24) is 19.7 Å². The summed E-state index contributed by atoms with van der Waals surface area (Å²) in [5, 5.41) is 8.38. The molecule has 2 aliphatic heterocycles. The third-order valence-electron chi connectivity index (χ3n) is 5.14. The number of carbonyl (C=O) groups is 2. The lowest BCUT2D eigenvalue weighted by Crippen LogP contribution is -2.39. The molecular formula is C19H20FN7O3. The van der Waals surface area contributed by atoms with Crippen molar-refractivity contribution >= 4 is 23.3 Å². The van der Waals surface area contributed by atoms with Gasteiger partial charge >= 0.3 is 6.03 Å². The van der Waals surface area contributed by atoms with Crippen LogP contribution in [0.3, 0.4) is 0 Å². The van der Waals surface area contributed by atoms with E-state index in [2.05, 4.69) is 15.3 Å². The van der Waals surface area contributed by atoms with Crippen LogP contribution in [0.4, 0.5) is 20.6 Å². The molecule has 1 atom stereocenters. The minimum Gasteiger partial charge on any atom is -0.328 e. The number of hydrogen-bond acceptors (Lipinski definition) is 5. The molecular weight excluding hydrogens is 393 g/mol. The molecule has 30 heavy (non-hydrogen) atoms. The van der Waals surface area contributed by atoms with Crippen LogP contribution in [0.1, 0.15) is 21.7 Å². The molecule has 0 radical (unpaired) electrons. The van der Waals surface area contributed by atoms with E-state index in [1.807, 2.05) is 0 Å². The maximum Gasteiger partial charge on any atom is 0.322 e. The Bertz CT molecular complexity index is 1060. The Kier molecular flexibility index (Phi) is 5.11. The number of fused-ring (bicyclic) bond motifs is 3. The summed E-state index contributed by atoms with van der Waals surface area (Å²) in [5.74, 6) is -0.990. The summed E-state index contributed by atoms with van der Waals surface area (Å²) in [6, 6.07) is 3.40. The molecule has 3 N–H and O–H groups in total. The zero-order valence-electron chi connectivity index (χ0n) is 16.3. The van der Waals surface area contributed by atoms with Crippen LogP contribution in [0.5, 0.6) is 0 Å². The third-order valence-corrected chi connectivity index (χ3v) is 5.14. The van der Waals surface area contributed by atoms with E-state index >= 15 is 0 Å². The average Bonchev–Trinajstić information content (AvgIpc) is 3.04. The molecule has 156 valence electrons. The first-order valence-corrected chi connectivity index (χ1v) is 9.37. The highest BCUT2D eigenvalue weighted by atomic mass is 19.1. The molecule has 0 aliphatic carbocycles. The third kappa shape index (κ3) is 3.47. The van der Waals surface area contributed by atoms with Gasteiger partial charge in [0.05, 0.1) is 25.4 Å².